The number of hydrogen-bond donors (Lipinski definition) is 1. The predicted octanol–water partition coefficient (Wildman–Crippen LogP) is 2.42. The topological polar surface area (TPSA) is 109 Å². The maximum absolute atomic E-state index is 12.7. The van der Waals surface area contributed by atoms with E-state index in [1.54, 1.807) is 6.92 Å². The maximum Gasteiger partial charge on any atom is 0.339 e. The molecule has 1 aromatic heterocycles. The quantitative estimate of drug-likeness (QED) is 0.691. The van der Waals surface area contributed by atoms with Crippen LogP contribution in [0.1, 0.15) is 62.1 Å². The summed E-state index contributed by atoms with van der Waals surface area (Å²) in [6.45, 7) is 4.12. The molecular formula is C25H30NO6-. The summed E-state index contributed by atoms with van der Waals surface area (Å²) in [4.78, 5) is 36.1. The molecule has 1 atom stereocenters. The van der Waals surface area contributed by atoms with E-state index in [-0.39, 0.29) is 23.4 Å². The molecule has 32 heavy (non-hydrogen) atoms. The second kappa shape index (κ2) is 9.35. The van der Waals surface area contributed by atoms with E-state index in [1.807, 2.05) is 19.1 Å². The highest BCUT2D eigenvalue weighted by molar-refractivity contribution is 5.89. The number of rotatable bonds is 6. The lowest BCUT2D eigenvalue weighted by Crippen LogP contribution is -2.40. The van der Waals surface area contributed by atoms with Crippen LogP contribution in [-0.4, -0.2) is 24.5 Å². The highest BCUT2D eigenvalue weighted by Crippen LogP contribution is 2.35. The lowest BCUT2D eigenvalue weighted by Gasteiger charge is -2.29. The Balaban J connectivity index is 1.46. The Bertz CT molecular complexity index is 1080. The first-order valence-corrected chi connectivity index (χ1v) is 11.6. The fraction of sp³-hybridized carbons (Fsp3) is 0.560. The maximum atomic E-state index is 12.7. The zero-order chi connectivity index (χ0) is 22.8. The molecule has 172 valence electrons. The van der Waals surface area contributed by atoms with Crippen LogP contribution < -0.4 is 20.8 Å². The number of carbonyl (C=O) groups is 2. The standard InChI is InChI=1S/C25H31NO6/c1-14-11-20(22-18-5-3-4-6-19(18)25(30)32-21(22)12-14)31-15(2)23(27)26-13-16-7-9-17(10-8-16)24(28)29/h11-12,15-17H,3-10,13H2,1-2H3,(H,26,27)(H,28,29)/p-1/t15-,16?,17?/m0/s1. The number of fused-ring (bicyclic) bond motifs is 3. The van der Waals surface area contributed by atoms with Crippen molar-refractivity contribution in [1.82, 2.24) is 5.32 Å². The first-order valence-electron chi connectivity index (χ1n) is 11.6. The van der Waals surface area contributed by atoms with E-state index in [1.165, 1.54) is 0 Å². The first kappa shape index (κ1) is 22.4. The lowest BCUT2D eigenvalue weighted by atomic mass is 9.82. The molecule has 1 amide bonds. The summed E-state index contributed by atoms with van der Waals surface area (Å²) < 4.78 is 11.7. The van der Waals surface area contributed by atoms with Gasteiger partial charge in [0.25, 0.3) is 5.91 Å². The van der Waals surface area contributed by atoms with E-state index in [2.05, 4.69) is 5.32 Å². The van der Waals surface area contributed by atoms with Gasteiger partial charge in [0, 0.05) is 18.1 Å². The van der Waals surface area contributed by atoms with Crippen LogP contribution >= 0.6 is 0 Å². The van der Waals surface area contributed by atoms with Gasteiger partial charge in [-0.1, -0.05) is 0 Å². The lowest BCUT2D eigenvalue weighted by molar-refractivity contribution is -0.312. The third-order valence-corrected chi connectivity index (χ3v) is 6.85. The Kier molecular flexibility index (Phi) is 6.53. The summed E-state index contributed by atoms with van der Waals surface area (Å²) >= 11 is 0. The fourth-order valence-electron chi connectivity index (χ4n) is 4.99. The number of nitrogens with one attached hydrogen (secondary N) is 1. The number of aryl methyl sites for hydroxylation is 2. The number of carbonyl (C=O) groups excluding carboxylic acids is 2. The van der Waals surface area contributed by atoms with Crippen molar-refractivity contribution in [3.8, 4) is 5.75 Å². The zero-order valence-electron chi connectivity index (χ0n) is 18.7. The summed E-state index contributed by atoms with van der Waals surface area (Å²) in [5.74, 6) is -0.725. The summed E-state index contributed by atoms with van der Waals surface area (Å²) in [6.07, 6.45) is 5.49. The van der Waals surface area contributed by atoms with Crippen LogP contribution in [0.5, 0.6) is 5.75 Å². The predicted molar refractivity (Wildman–Crippen MR) is 117 cm³/mol. The van der Waals surface area contributed by atoms with Crippen molar-refractivity contribution in [3.63, 3.8) is 0 Å². The van der Waals surface area contributed by atoms with Crippen molar-refractivity contribution >= 4 is 22.8 Å². The van der Waals surface area contributed by atoms with Crippen LogP contribution in [0.2, 0.25) is 0 Å². The van der Waals surface area contributed by atoms with Gasteiger partial charge in [-0.3, -0.25) is 4.79 Å². The van der Waals surface area contributed by atoms with Crippen molar-refractivity contribution in [2.24, 2.45) is 11.8 Å². The van der Waals surface area contributed by atoms with Gasteiger partial charge in [-0.05, 0) is 100 Å². The molecule has 0 unspecified atom stereocenters. The summed E-state index contributed by atoms with van der Waals surface area (Å²) in [6, 6.07) is 3.73. The Morgan fingerprint density at radius 2 is 1.84 bits per heavy atom. The van der Waals surface area contributed by atoms with Crippen molar-refractivity contribution < 1.29 is 23.8 Å². The highest BCUT2D eigenvalue weighted by Gasteiger charge is 2.25. The monoisotopic (exact) mass is 440 g/mol. The molecule has 7 nitrogen and oxygen atoms in total. The van der Waals surface area contributed by atoms with Crippen LogP contribution in [0.4, 0.5) is 0 Å². The summed E-state index contributed by atoms with van der Waals surface area (Å²) in [5.41, 5.74) is 2.83. The van der Waals surface area contributed by atoms with Gasteiger partial charge < -0.3 is 24.4 Å². The minimum atomic E-state index is -0.974. The van der Waals surface area contributed by atoms with Gasteiger partial charge in [0.05, 0.1) is 5.39 Å². The van der Waals surface area contributed by atoms with Crippen LogP contribution in [-0.2, 0) is 22.4 Å². The molecule has 2 aromatic rings. The molecule has 2 aliphatic carbocycles. The van der Waals surface area contributed by atoms with E-state index in [0.29, 0.717) is 37.1 Å². The number of benzene rings is 1. The molecule has 0 saturated heterocycles. The van der Waals surface area contributed by atoms with Crippen molar-refractivity contribution in [3.05, 3.63) is 39.2 Å². The minimum absolute atomic E-state index is 0.215. The van der Waals surface area contributed by atoms with E-state index < -0.39 is 12.1 Å². The number of amides is 1. The molecule has 0 spiro atoms. The van der Waals surface area contributed by atoms with Crippen molar-refractivity contribution in [2.45, 2.75) is 71.3 Å². The number of ether oxygens (including phenoxy) is 1. The molecular weight excluding hydrogens is 410 g/mol. The van der Waals surface area contributed by atoms with Gasteiger partial charge in [0.2, 0.25) is 0 Å². The first-order chi connectivity index (χ1) is 15.3. The van der Waals surface area contributed by atoms with Gasteiger partial charge in [0.1, 0.15) is 11.3 Å². The second-order valence-electron chi connectivity index (χ2n) is 9.23. The number of carboxylic acid groups (broad SMARTS) is 1. The van der Waals surface area contributed by atoms with E-state index in [9.17, 15) is 19.5 Å². The highest BCUT2D eigenvalue weighted by atomic mass is 16.5. The van der Waals surface area contributed by atoms with Gasteiger partial charge in [0.15, 0.2) is 6.10 Å². The molecule has 0 radical (unpaired) electrons. The molecule has 4 rings (SSSR count). The third-order valence-electron chi connectivity index (χ3n) is 6.85. The second-order valence-corrected chi connectivity index (χ2v) is 9.23. The van der Waals surface area contributed by atoms with E-state index in [4.69, 9.17) is 9.15 Å². The molecule has 0 aliphatic heterocycles. The molecule has 1 saturated carbocycles. The van der Waals surface area contributed by atoms with Crippen molar-refractivity contribution in [2.75, 3.05) is 6.54 Å². The Labute approximate surface area is 187 Å². The molecule has 1 fully saturated rings. The van der Waals surface area contributed by atoms with Gasteiger partial charge in [-0.2, -0.15) is 0 Å². The summed E-state index contributed by atoms with van der Waals surface area (Å²) in [7, 11) is 0. The van der Waals surface area contributed by atoms with Gasteiger partial charge >= 0.3 is 5.63 Å². The molecule has 7 heteroatoms. The Morgan fingerprint density at radius 3 is 2.53 bits per heavy atom. The largest absolute Gasteiger partial charge is 0.550 e. The number of carboxylic acids is 1. The average molecular weight is 441 g/mol. The Hall–Kier alpha value is -2.83. The zero-order valence-corrected chi connectivity index (χ0v) is 18.7. The average Bonchev–Trinajstić information content (AvgIpc) is 2.77. The molecule has 1 heterocycles. The van der Waals surface area contributed by atoms with E-state index in [0.717, 1.165) is 54.2 Å². The van der Waals surface area contributed by atoms with Crippen molar-refractivity contribution in [1.29, 1.82) is 0 Å². The SMILES string of the molecule is Cc1cc(O[C@@H](C)C(=O)NCC2CCC(C(=O)[O-])CC2)c2c3c(c(=O)oc2c1)CCCC3. The molecule has 2 aliphatic rings. The minimum Gasteiger partial charge on any atom is -0.550 e. The summed E-state index contributed by atoms with van der Waals surface area (Å²) in [5, 5.41) is 14.7. The Morgan fingerprint density at radius 1 is 1.16 bits per heavy atom. The number of aliphatic carboxylic acids is 1. The van der Waals surface area contributed by atoms with Crippen LogP contribution in [0.15, 0.2) is 21.3 Å². The van der Waals surface area contributed by atoms with Crippen LogP contribution in [0.25, 0.3) is 11.0 Å². The van der Waals surface area contributed by atoms with Gasteiger partial charge in [-0.15, -0.1) is 0 Å². The molecule has 1 aromatic carbocycles. The van der Waals surface area contributed by atoms with E-state index >= 15 is 0 Å². The molecule has 0 bridgehead atoms. The normalized spacial score (nSPS) is 21.6. The van der Waals surface area contributed by atoms with Crippen LogP contribution in [0, 0.1) is 18.8 Å². The fourth-order valence-corrected chi connectivity index (χ4v) is 4.99. The van der Waals surface area contributed by atoms with Crippen LogP contribution in [0.3, 0.4) is 0 Å². The van der Waals surface area contributed by atoms with Gasteiger partial charge in [-0.25, -0.2) is 4.79 Å². The number of hydrogen-bond acceptors (Lipinski definition) is 6. The third kappa shape index (κ3) is 4.66. The molecule has 1 N–H and O–H groups in total. The smallest absolute Gasteiger partial charge is 0.339 e.